The number of carbonyl (C=O) groups excluding carboxylic acids is 2. The predicted octanol–water partition coefficient (Wildman–Crippen LogP) is 5.15. The molecule has 6 rings (SSSR count). The minimum atomic E-state index is -0.547. The minimum Gasteiger partial charge on any atom is -0.391 e. The number of likely N-dealkylation sites (tertiary alicyclic amines) is 1. The average molecular weight is 573 g/mol. The average Bonchev–Trinajstić information content (AvgIpc) is 3.15. The van der Waals surface area contributed by atoms with Crippen molar-refractivity contribution >= 4 is 55.6 Å². The smallest absolute Gasteiger partial charge is 0.391 e. The third kappa shape index (κ3) is 4.15. The second-order valence-electron chi connectivity index (χ2n) is 9.03. The molecule has 3 atom stereocenters. The first kappa shape index (κ1) is 22.7. The maximum absolute atomic E-state index is 13.7. The molecule has 1 aliphatic carbocycles. The summed E-state index contributed by atoms with van der Waals surface area (Å²) in [4.78, 5) is 38.8. The molecule has 3 aromatic heterocycles. The highest BCUT2D eigenvalue weighted by atomic mass is 79.9. The lowest BCUT2D eigenvalue weighted by atomic mass is 10.1. The molecule has 35 heavy (non-hydrogen) atoms. The number of halogens is 1. The lowest BCUT2D eigenvalue weighted by molar-refractivity contribution is 0.0700. The Hall–Kier alpha value is -2.76. The molecule has 1 saturated heterocycles. The molecule has 0 unspecified atom stereocenters. The van der Waals surface area contributed by atoms with Crippen molar-refractivity contribution in [2.75, 3.05) is 13.1 Å². The zero-order chi connectivity index (χ0) is 24.3. The Morgan fingerprint density at radius 2 is 2.14 bits per heavy atom. The van der Waals surface area contributed by atoms with Crippen LogP contribution < -0.4 is 10.1 Å². The molecule has 0 radical (unpaired) electrons. The van der Waals surface area contributed by atoms with Gasteiger partial charge in [0.15, 0.2) is 8.88 Å². The fourth-order valence-corrected chi connectivity index (χ4v) is 7.13. The van der Waals surface area contributed by atoms with E-state index < -0.39 is 6.09 Å². The first-order chi connectivity index (χ1) is 16.9. The van der Waals surface area contributed by atoms with Crippen LogP contribution in [0.15, 0.2) is 39.8 Å². The van der Waals surface area contributed by atoms with Gasteiger partial charge in [-0.1, -0.05) is 29.8 Å². The van der Waals surface area contributed by atoms with Crippen molar-refractivity contribution < 1.29 is 14.3 Å². The summed E-state index contributed by atoms with van der Waals surface area (Å²) in [6, 6.07) is 8.00. The van der Waals surface area contributed by atoms with Crippen molar-refractivity contribution in [3.05, 3.63) is 56.7 Å². The highest BCUT2D eigenvalue weighted by Crippen LogP contribution is 2.50. The van der Waals surface area contributed by atoms with Crippen LogP contribution in [0.2, 0.25) is 0 Å². The fourth-order valence-electron chi connectivity index (χ4n) is 4.93. The molecular weight excluding hydrogens is 550 g/mol. The van der Waals surface area contributed by atoms with E-state index in [1.807, 2.05) is 48.5 Å². The molecular formula is C24H22BrN5O3S2. The van der Waals surface area contributed by atoms with Gasteiger partial charge in [-0.15, -0.1) is 22.7 Å². The molecule has 0 bridgehead atoms. The van der Waals surface area contributed by atoms with Crippen molar-refractivity contribution in [1.82, 2.24) is 24.6 Å². The molecule has 2 amide bonds. The summed E-state index contributed by atoms with van der Waals surface area (Å²) in [7, 11) is 0. The number of ether oxygens (including phenoxy) is 1. The number of aryl methyl sites for hydroxylation is 2. The number of hydrogen-bond acceptors (Lipinski definition) is 7. The van der Waals surface area contributed by atoms with Gasteiger partial charge in [0.2, 0.25) is 5.88 Å². The zero-order valence-electron chi connectivity index (χ0n) is 19.0. The molecule has 180 valence electrons. The number of carbonyl (C=O) groups is 2. The molecule has 11 heteroatoms. The number of nitrogens with zero attached hydrogens (tertiary/aromatic N) is 4. The highest BCUT2D eigenvalue weighted by Gasteiger charge is 2.54. The number of nitrogens with one attached hydrogen (secondary N) is 1. The van der Waals surface area contributed by atoms with E-state index in [-0.39, 0.29) is 11.9 Å². The number of benzene rings is 1. The van der Waals surface area contributed by atoms with E-state index in [2.05, 4.69) is 37.3 Å². The monoisotopic (exact) mass is 571 g/mol. The van der Waals surface area contributed by atoms with Crippen LogP contribution in [0, 0.1) is 25.7 Å². The summed E-state index contributed by atoms with van der Waals surface area (Å²) in [5.74, 6) is 1.19. The third-order valence-corrected chi connectivity index (χ3v) is 8.99. The number of thiazole rings is 2. The number of imidazole rings is 1. The van der Waals surface area contributed by atoms with Gasteiger partial charge in [0.1, 0.15) is 11.4 Å². The highest BCUT2D eigenvalue weighted by molar-refractivity contribution is 9.11. The van der Waals surface area contributed by atoms with Crippen molar-refractivity contribution in [2.45, 2.75) is 26.3 Å². The van der Waals surface area contributed by atoms with Gasteiger partial charge in [-0.25, -0.2) is 14.8 Å². The zero-order valence-corrected chi connectivity index (χ0v) is 22.2. The van der Waals surface area contributed by atoms with Gasteiger partial charge < -0.3 is 15.0 Å². The Morgan fingerprint density at radius 1 is 1.29 bits per heavy atom. The van der Waals surface area contributed by atoms with Gasteiger partial charge in [-0.2, -0.15) is 0 Å². The molecule has 2 aliphatic rings. The second kappa shape index (κ2) is 8.72. The standard InChI is InChI=1S/C24H22BrN5O3S2/c1-12-4-3-5-14(8-12)19-18(28-22(25)35-19)20(31)30-11-15-9-16(15)17(30)10-26-24(32)33-21-13(2)27-23-29(21)6-7-34-23/h3-8,15-17H,9-11H2,1-2H3,(H,26,32)/t15-,16-,17+/m0/s1. The predicted molar refractivity (Wildman–Crippen MR) is 138 cm³/mol. The first-order valence-electron chi connectivity index (χ1n) is 11.3. The van der Waals surface area contributed by atoms with Crippen molar-refractivity contribution in [3.8, 4) is 16.3 Å². The van der Waals surface area contributed by atoms with Crippen LogP contribution >= 0.6 is 38.6 Å². The molecule has 4 heterocycles. The Balaban J connectivity index is 1.18. The Bertz CT molecular complexity index is 1460. The van der Waals surface area contributed by atoms with Gasteiger partial charge in [0, 0.05) is 24.7 Å². The maximum atomic E-state index is 13.7. The summed E-state index contributed by atoms with van der Waals surface area (Å²) in [5.41, 5.74) is 3.22. The first-order valence-corrected chi connectivity index (χ1v) is 13.8. The Kier molecular flexibility index (Phi) is 5.65. The van der Waals surface area contributed by atoms with E-state index >= 15 is 0 Å². The molecule has 8 nitrogen and oxygen atoms in total. The maximum Gasteiger partial charge on any atom is 0.414 e. The molecule has 1 aliphatic heterocycles. The summed E-state index contributed by atoms with van der Waals surface area (Å²) >= 11 is 6.41. The van der Waals surface area contributed by atoms with Gasteiger partial charge in [-0.3, -0.25) is 9.20 Å². The van der Waals surface area contributed by atoms with Gasteiger partial charge in [0.05, 0.1) is 10.9 Å². The number of rotatable bonds is 5. The molecule has 2 fully saturated rings. The summed E-state index contributed by atoms with van der Waals surface area (Å²) in [6.07, 6.45) is 2.36. The molecule has 4 aromatic rings. The van der Waals surface area contributed by atoms with E-state index in [9.17, 15) is 9.59 Å². The number of hydrogen-bond donors (Lipinski definition) is 1. The number of aromatic nitrogens is 3. The van der Waals surface area contributed by atoms with Gasteiger partial charge in [-0.05, 0) is 53.6 Å². The summed E-state index contributed by atoms with van der Waals surface area (Å²) in [5, 5.41) is 4.77. The van der Waals surface area contributed by atoms with Gasteiger partial charge in [0.25, 0.3) is 5.91 Å². The van der Waals surface area contributed by atoms with Crippen LogP contribution in [-0.4, -0.2) is 50.4 Å². The van der Waals surface area contributed by atoms with E-state index in [1.165, 1.54) is 22.7 Å². The van der Waals surface area contributed by atoms with Crippen LogP contribution in [0.3, 0.4) is 0 Å². The third-order valence-electron chi connectivity index (χ3n) is 6.67. The van der Waals surface area contributed by atoms with Crippen molar-refractivity contribution in [3.63, 3.8) is 0 Å². The SMILES string of the molecule is Cc1cccc(-c2sc(Br)nc2C(=O)N2C[C@@H]3C[C@@H]3[C@H]2CNC(=O)Oc2c(C)nc3sccn23)c1. The lowest BCUT2D eigenvalue weighted by Crippen LogP contribution is -2.46. The molecule has 1 aromatic carbocycles. The molecule has 1 saturated carbocycles. The molecule has 1 N–H and O–H groups in total. The van der Waals surface area contributed by atoms with Crippen molar-refractivity contribution in [1.29, 1.82) is 0 Å². The Labute approximate surface area is 218 Å². The minimum absolute atomic E-state index is 0.0846. The van der Waals surface area contributed by atoms with Crippen LogP contribution in [-0.2, 0) is 0 Å². The lowest BCUT2D eigenvalue weighted by Gasteiger charge is -2.27. The Morgan fingerprint density at radius 3 is 2.97 bits per heavy atom. The van der Waals surface area contributed by atoms with E-state index in [0.29, 0.717) is 46.1 Å². The van der Waals surface area contributed by atoms with Gasteiger partial charge >= 0.3 is 6.09 Å². The van der Waals surface area contributed by atoms with Crippen LogP contribution in [0.1, 0.15) is 28.2 Å². The van der Waals surface area contributed by atoms with E-state index in [0.717, 1.165) is 27.4 Å². The summed E-state index contributed by atoms with van der Waals surface area (Å²) < 4.78 is 8.01. The topological polar surface area (TPSA) is 88.8 Å². The molecule has 0 spiro atoms. The second-order valence-corrected chi connectivity index (χ2v) is 12.2. The normalized spacial score (nSPS) is 20.8. The van der Waals surface area contributed by atoms with Crippen LogP contribution in [0.4, 0.5) is 4.79 Å². The van der Waals surface area contributed by atoms with E-state index in [1.54, 1.807) is 4.40 Å². The largest absolute Gasteiger partial charge is 0.414 e. The number of fused-ring (bicyclic) bond motifs is 2. The quantitative estimate of drug-likeness (QED) is 0.358. The van der Waals surface area contributed by atoms with Crippen molar-refractivity contribution in [2.24, 2.45) is 11.8 Å². The van der Waals surface area contributed by atoms with E-state index in [4.69, 9.17) is 4.74 Å². The number of amides is 2. The fraction of sp³-hybridized carbons (Fsp3) is 0.333. The van der Waals surface area contributed by atoms with Crippen LogP contribution in [0.5, 0.6) is 5.88 Å². The summed E-state index contributed by atoms with van der Waals surface area (Å²) in [6.45, 7) is 4.86. The number of piperidine rings is 1. The van der Waals surface area contributed by atoms with Crippen LogP contribution in [0.25, 0.3) is 15.4 Å².